The highest BCUT2D eigenvalue weighted by atomic mass is 32.2. The van der Waals surface area contributed by atoms with Crippen LogP contribution in [0.25, 0.3) is 0 Å². The molecule has 2 rings (SSSR count). The van der Waals surface area contributed by atoms with Gasteiger partial charge in [-0.1, -0.05) is 31.5 Å². The van der Waals surface area contributed by atoms with Crippen molar-refractivity contribution in [3.63, 3.8) is 0 Å². The van der Waals surface area contributed by atoms with Crippen LogP contribution >= 0.6 is 0 Å². The van der Waals surface area contributed by atoms with Crippen LogP contribution in [0.3, 0.4) is 0 Å². The Hall–Kier alpha value is -2.34. The van der Waals surface area contributed by atoms with Crippen molar-refractivity contribution < 1.29 is 17.9 Å². The molecule has 24 heavy (non-hydrogen) atoms. The second-order valence-corrected chi connectivity index (χ2v) is 7.11. The van der Waals surface area contributed by atoms with Gasteiger partial charge >= 0.3 is 5.97 Å². The summed E-state index contributed by atoms with van der Waals surface area (Å²) in [5.74, 6) is -0.577. The normalized spacial score (nSPS) is 11.1. The number of methoxy groups -OCH3 is 1. The highest BCUT2D eigenvalue weighted by molar-refractivity contribution is 7.92. The quantitative estimate of drug-likeness (QED) is 0.777. The Morgan fingerprint density at radius 2 is 1.83 bits per heavy atom. The molecular formula is C18H21NO4S. The molecule has 0 atom stereocenters. The molecule has 0 amide bonds. The number of aryl methyl sites for hydroxylation is 1. The minimum Gasteiger partial charge on any atom is -0.465 e. The Bertz CT molecular complexity index is 798. The third kappa shape index (κ3) is 4.58. The van der Waals surface area contributed by atoms with Crippen molar-refractivity contribution in [3.05, 3.63) is 59.7 Å². The molecule has 0 radical (unpaired) electrons. The van der Waals surface area contributed by atoms with Gasteiger partial charge in [0.05, 0.1) is 17.6 Å². The van der Waals surface area contributed by atoms with Gasteiger partial charge in [0.2, 0.25) is 0 Å². The van der Waals surface area contributed by atoms with Crippen molar-refractivity contribution in [1.29, 1.82) is 0 Å². The Morgan fingerprint density at radius 3 is 2.46 bits per heavy atom. The van der Waals surface area contributed by atoms with E-state index in [2.05, 4.69) is 16.4 Å². The monoisotopic (exact) mass is 347 g/mol. The average Bonchev–Trinajstić information content (AvgIpc) is 2.60. The summed E-state index contributed by atoms with van der Waals surface area (Å²) in [7, 11) is -2.51. The number of hydrogen-bond acceptors (Lipinski definition) is 4. The standard InChI is InChI=1S/C18H21NO4S/c1-3-4-6-14-9-11-16(12-10-14)19-24(21,22)17-8-5-7-15(13-17)18(20)23-2/h5,7-13,19H,3-4,6H2,1-2H3. The van der Waals surface area contributed by atoms with Gasteiger partial charge in [-0.2, -0.15) is 0 Å². The lowest BCUT2D eigenvalue weighted by Gasteiger charge is -2.10. The molecule has 1 N–H and O–H groups in total. The fourth-order valence-electron chi connectivity index (χ4n) is 2.24. The number of esters is 1. The van der Waals surface area contributed by atoms with Gasteiger partial charge in [0.15, 0.2) is 0 Å². The van der Waals surface area contributed by atoms with Crippen LogP contribution in [-0.2, 0) is 21.2 Å². The highest BCUT2D eigenvalue weighted by Crippen LogP contribution is 2.18. The molecule has 0 bridgehead atoms. The molecule has 5 nitrogen and oxygen atoms in total. The lowest BCUT2D eigenvalue weighted by atomic mass is 10.1. The summed E-state index contributed by atoms with van der Waals surface area (Å²) in [5, 5.41) is 0. The largest absolute Gasteiger partial charge is 0.465 e. The first-order valence-electron chi connectivity index (χ1n) is 7.76. The molecular weight excluding hydrogens is 326 g/mol. The van der Waals surface area contributed by atoms with E-state index in [1.165, 1.54) is 36.9 Å². The summed E-state index contributed by atoms with van der Waals surface area (Å²) in [6.45, 7) is 2.13. The summed E-state index contributed by atoms with van der Waals surface area (Å²) in [6.07, 6.45) is 3.20. The minimum absolute atomic E-state index is 0.0143. The second kappa shape index (κ2) is 7.97. The van der Waals surface area contributed by atoms with Gasteiger partial charge in [0.1, 0.15) is 0 Å². The maximum Gasteiger partial charge on any atom is 0.337 e. The number of anilines is 1. The minimum atomic E-state index is -3.77. The Kier molecular flexibility index (Phi) is 5.98. The van der Waals surface area contributed by atoms with Crippen LogP contribution in [0.15, 0.2) is 53.4 Å². The molecule has 128 valence electrons. The summed E-state index contributed by atoms with van der Waals surface area (Å²) < 4.78 is 32.1. The van der Waals surface area contributed by atoms with Crippen molar-refractivity contribution in [1.82, 2.24) is 0 Å². The molecule has 0 heterocycles. The number of nitrogens with one attached hydrogen (secondary N) is 1. The number of ether oxygens (including phenoxy) is 1. The van der Waals surface area contributed by atoms with E-state index in [4.69, 9.17) is 0 Å². The molecule has 6 heteroatoms. The lowest BCUT2D eigenvalue weighted by molar-refractivity contribution is 0.0600. The van der Waals surface area contributed by atoms with Crippen molar-refractivity contribution in [2.45, 2.75) is 31.1 Å². The number of carbonyl (C=O) groups is 1. The van der Waals surface area contributed by atoms with Crippen LogP contribution in [0, 0.1) is 0 Å². The van der Waals surface area contributed by atoms with Crippen LogP contribution in [0.2, 0.25) is 0 Å². The lowest BCUT2D eigenvalue weighted by Crippen LogP contribution is -2.14. The first kappa shape index (κ1) is 18.0. The molecule has 0 fully saturated rings. The third-order valence-electron chi connectivity index (χ3n) is 3.59. The number of unbranched alkanes of at least 4 members (excludes halogenated alkanes) is 1. The van der Waals surface area contributed by atoms with Gasteiger partial charge in [0, 0.05) is 5.69 Å². The fraction of sp³-hybridized carbons (Fsp3) is 0.278. The van der Waals surface area contributed by atoms with E-state index in [1.807, 2.05) is 12.1 Å². The van der Waals surface area contributed by atoms with Crippen LogP contribution in [-0.4, -0.2) is 21.5 Å². The summed E-state index contributed by atoms with van der Waals surface area (Å²) in [5.41, 5.74) is 1.85. The van der Waals surface area contributed by atoms with E-state index in [9.17, 15) is 13.2 Å². The predicted molar refractivity (Wildman–Crippen MR) is 93.6 cm³/mol. The molecule has 0 aromatic heterocycles. The first-order chi connectivity index (χ1) is 11.5. The van der Waals surface area contributed by atoms with Crippen LogP contribution in [0.1, 0.15) is 35.7 Å². The summed E-state index contributed by atoms with van der Waals surface area (Å²) in [6, 6.07) is 13.1. The molecule has 0 saturated carbocycles. The zero-order valence-corrected chi connectivity index (χ0v) is 14.6. The summed E-state index contributed by atoms with van der Waals surface area (Å²) >= 11 is 0. The smallest absolute Gasteiger partial charge is 0.337 e. The maximum atomic E-state index is 12.5. The molecule has 0 spiro atoms. The third-order valence-corrected chi connectivity index (χ3v) is 4.97. The van der Waals surface area contributed by atoms with Crippen LogP contribution in [0.5, 0.6) is 0 Å². The van der Waals surface area contributed by atoms with E-state index in [-0.39, 0.29) is 10.5 Å². The Morgan fingerprint density at radius 1 is 1.12 bits per heavy atom. The van der Waals surface area contributed by atoms with Gasteiger partial charge in [-0.3, -0.25) is 4.72 Å². The van der Waals surface area contributed by atoms with E-state index < -0.39 is 16.0 Å². The van der Waals surface area contributed by atoms with Gasteiger partial charge in [-0.05, 0) is 48.7 Å². The number of sulfonamides is 1. The molecule has 0 aliphatic carbocycles. The zero-order chi connectivity index (χ0) is 17.6. The van der Waals surface area contributed by atoms with E-state index >= 15 is 0 Å². The van der Waals surface area contributed by atoms with Gasteiger partial charge in [-0.25, -0.2) is 13.2 Å². The topological polar surface area (TPSA) is 72.5 Å². The highest BCUT2D eigenvalue weighted by Gasteiger charge is 2.16. The van der Waals surface area contributed by atoms with Gasteiger partial charge in [0.25, 0.3) is 10.0 Å². The second-order valence-electron chi connectivity index (χ2n) is 5.43. The van der Waals surface area contributed by atoms with Crippen LogP contribution < -0.4 is 4.72 Å². The fourth-order valence-corrected chi connectivity index (χ4v) is 3.35. The molecule has 0 aliphatic heterocycles. The SMILES string of the molecule is CCCCc1ccc(NS(=O)(=O)c2cccc(C(=O)OC)c2)cc1. The Labute approximate surface area is 142 Å². The van der Waals surface area contributed by atoms with E-state index in [1.54, 1.807) is 12.1 Å². The molecule has 2 aromatic carbocycles. The zero-order valence-electron chi connectivity index (χ0n) is 13.8. The average molecular weight is 347 g/mol. The van der Waals surface area contributed by atoms with Crippen LogP contribution in [0.4, 0.5) is 5.69 Å². The molecule has 0 aliphatic rings. The molecule has 0 unspecified atom stereocenters. The molecule has 0 saturated heterocycles. The molecule has 2 aromatic rings. The predicted octanol–water partition coefficient (Wildman–Crippen LogP) is 3.62. The van der Waals surface area contributed by atoms with Crippen molar-refractivity contribution in [2.75, 3.05) is 11.8 Å². The first-order valence-corrected chi connectivity index (χ1v) is 9.24. The number of benzene rings is 2. The Balaban J connectivity index is 2.17. The van der Waals surface area contributed by atoms with E-state index in [0.29, 0.717) is 5.69 Å². The van der Waals surface area contributed by atoms with Gasteiger partial charge in [-0.15, -0.1) is 0 Å². The summed E-state index contributed by atoms with van der Waals surface area (Å²) in [4.78, 5) is 11.6. The number of rotatable bonds is 7. The number of carbonyl (C=O) groups excluding carboxylic acids is 1. The maximum absolute atomic E-state index is 12.5. The van der Waals surface area contributed by atoms with Crippen molar-refractivity contribution in [3.8, 4) is 0 Å². The van der Waals surface area contributed by atoms with Crippen molar-refractivity contribution >= 4 is 21.7 Å². The number of hydrogen-bond donors (Lipinski definition) is 1. The van der Waals surface area contributed by atoms with Gasteiger partial charge < -0.3 is 4.74 Å². The van der Waals surface area contributed by atoms with Crippen molar-refractivity contribution in [2.24, 2.45) is 0 Å². The van der Waals surface area contributed by atoms with E-state index in [0.717, 1.165) is 19.3 Å².